The summed E-state index contributed by atoms with van der Waals surface area (Å²) in [6.07, 6.45) is 7.14. The van der Waals surface area contributed by atoms with Crippen LogP contribution < -0.4 is 5.48 Å². The second-order valence-electron chi connectivity index (χ2n) is 3.24. The Morgan fingerprint density at radius 2 is 2.42 bits per heavy atom. The van der Waals surface area contributed by atoms with E-state index in [9.17, 15) is 0 Å². The Bertz CT molecular complexity index is 178. The number of hydroxylamine groups is 1. The standard InChI is InChI=1S/C8H14BNO2/c1-2-4-8(5-3-1)9-11-7-6-10-12-9/h4,10H,1-3,5-7H2. The maximum Gasteiger partial charge on any atom is 0.506 e. The van der Waals surface area contributed by atoms with Crippen molar-refractivity contribution in [2.75, 3.05) is 13.2 Å². The molecule has 0 aromatic rings. The third-order valence-corrected chi connectivity index (χ3v) is 2.29. The molecular formula is C8H14BNO2. The van der Waals surface area contributed by atoms with Gasteiger partial charge >= 0.3 is 7.12 Å². The Hall–Kier alpha value is -0.315. The van der Waals surface area contributed by atoms with Gasteiger partial charge < -0.3 is 9.41 Å². The first kappa shape index (κ1) is 8.29. The van der Waals surface area contributed by atoms with Crippen LogP contribution in [0.3, 0.4) is 0 Å². The third kappa shape index (κ3) is 1.89. The van der Waals surface area contributed by atoms with Gasteiger partial charge in [-0.25, -0.2) is 5.48 Å². The van der Waals surface area contributed by atoms with E-state index < -0.39 is 0 Å². The van der Waals surface area contributed by atoms with Crippen LogP contribution in [0.5, 0.6) is 0 Å². The van der Waals surface area contributed by atoms with Gasteiger partial charge in [0.1, 0.15) is 0 Å². The zero-order chi connectivity index (χ0) is 8.23. The average Bonchev–Trinajstić information content (AvgIpc) is 2.21. The fourth-order valence-corrected chi connectivity index (χ4v) is 1.64. The van der Waals surface area contributed by atoms with Crippen molar-refractivity contribution in [3.05, 3.63) is 11.5 Å². The third-order valence-electron chi connectivity index (χ3n) is 2.29. The van der Waals surface area contributed by atoms with Gasteiger partial charge in [0.25, 0.3) is 0 Å². The van der Waals surface area contributed by atoms with Crippen LogP contribution in [-0.4, -0.2) is 20.3 Å². The summed E-state index contributed by atoms with van der Waals surface area (Å²) in [6, 6.07) is 0. The van der Waals surface area contributed by atoms with Crippen molar-refractivity contribution in [3.63, 3.8) is 0 Å². The number of hydrogen-bond acceptors (Lipinski definition) is 3. The molecule has 0 radical (unpaired) electrons. The van der Waals surface area contributed by atoms with Crippen LogP contribution in [-0.2, 0) is 9.41 Å². The molecule has 0 amide bonds. The normalized spacial score (nSPS) is 25.3. The monoisotopic (exact) mass is 167 g/mol. The van der Waals surface area contributed by atoms with E-state index in [2.05, 4.69) is 11.6 Å². The summed E-state index contributed by atoms with van der Waals surface area (Å²) in [6.45, 7) is 1.55. The van der Waals surface area contributed by atoms with Gasteiger partial charge in [0.15, 0.2) is 0 Å². The van der Waals surface area contributed by atoms with Gasteiger partial charge in [-0.05, 0) is 31.2 Å². The van der Waals surface area contributed by atoms with E-state index in [4.69, 9.17) is 9.41 Å². The van der Waals surface area contributed by atoms with Gasteiger partial charge in [-0.1, -0.05) is 6.08 Å². The summed E-state index contributed by atoms with van der Waals surface area (Å²) < 4.78 is 10.7. The largest absolute Gasteiger partial charge is 0.506 e. The molecule has 0 saturated carbocycles. The van der Waals surface area contributed by atoms with Crippen LogP contribution in [0.4, 0.5) is 0 Å². The lowest BCUT2D eigenvalue weighted by Gasteiger charge is -2.23. The van der Waals surface area contributed by atoms with Gasteiger partial charge in [-0.15, -0.1) is 0 Å². The highest BCUT2D eigenvalue weighted by Crippen LogP contribution is 2.20. The van der Waals surface area contributed by atoms with Gasteiger partial charge in [0.2, 0.25) is 0 Å². The molecule has 0 unspecified atom stereocenters. The van der Waals surface area contributed by atoms with Gasteiger partial charge in [0.05, 0.1) is 0 Å². The molecule has 1 aliphatic heterocycles. The molecule has 66 valence electrons. The van der Waals surface area contributed by atoms with Crippen molar-refractivity contribution in [3.8, 4) is 0 Å². The van der Waals surface area contributed by atoms with E-state index in [1.165, 1.54) is 24.7 Å². The average molecular weight is 167 g/mol. The van der Waals surface area contributed by atoms with Gasteiger partial charge in [0, 0.05) is 13.2 Å². The minimum atomic E-state index is -0.112. The summed E-state index contributed by atoms with van der Waals surface area (Å²) in [7, 11) is -0.112. The van der Waals surface area contributed by atoms with Crippen molar-refractivity contribution >= 4 is 7.12 Å². The summed E-state index contributed by atoms with van der Waals surface area (Å²) in [5, 5.41) is 0. The molecule has 1 aliphatic carbocycles. The lowest BCUT2D eigenvalue weighted by Crippen LogP contribution is -2.41. The quantitative estimate of drug-likeness (QED) is 0.592. The van der Waals surface area contributed by atoms with E-state index in [-0.39, 0.29) is 7.12 Å². The van der Waals surface area contributed by atoms with Crippen molar-refractivity contribution < 1.29 is 9.41 Å². The molecular weight excluding hydrogens is 153 g/mol. The molecule has 0 atom stereocenters. The van der Waals surface area contributed by atoms with E-state index in [1.54, 1.807) is 0 Å². The summed E-state index contributed by atoms with van der Waals surface area (Å²) >= 11 is 0. The molecule has 12 heavy (non-hydrogen) atoms. The molecule has 0 aromatic carbocycles. The maximum atomic E-state index is 5.46. The molecule has 1 fully saturated rings. The predicted octanol–water partition coefficient (Wildman–Crippen LogP) is 1.07. The second-order valence-corrected chi connectivity index (χ2v) is 3.24. The zero-order valence-electron chi connectivity index (χ0n) is 7.21. The van der Waals surface area contributed by atoms with E-state index >= 15 is 0 Å². The lowest BCUT2D eigenvalue weighted by molar-refractivity contribution is 0.0765. The Labute approximate surface area is 73.2 Å². The summed E-state index contributed by atoms with van der Waals surface area (Å²) in [4.78, 5) is 0. The molecule has 0 aromatic heterocycles. The Morgan fingerprint density at radius 1 is 1.42 bits per heavy atom. The molecule has 0 spiro atoms. The van der Waals surface area contributed by atoms with E-state index in [0.29, 0.717) is 0 Å². The molecule has 0 bridgehead atoms. The van der Waals surface area contributed by atoms with Crippen molar-refractivity contribution in [2.24, 2.45) is 0 Å². The van der Waals surface area contributed by atoms with E-state index in [0.717, 1.165) is 19.6 Å². The van der Waals surface area contributed by atoms with Crippen LogP contribution in [0, 0.1) is 0 Å². The molecule has 1 N–H and O–H groups in total. The predicted molar refractivity (Wildman–Crippen MR) is 47.3 cm³/mol. The molecule has 1 saturated heterocycles. The van der Waals surface area contributed by atoms with Crippen molar-refractivity contribution in [2.45, 2.75) is 25.7 Å². The molecule has 3 nitrogen and oxygen atoms in total. The lowest BCUT2D eigenvalue weighted by atomic mass is 9.72. The maximum absolute atomic E-state index is 5.46. The molecule has 2 aliphatic rings. The Kier molecular flexibility index (Phi) is 2.81. The number of allylic oxidation sites excluding steroid dienone is 2. The van der Waals surface area contributed by atoms with Crippen LogP contribution in [0.1, 0.15) is 25.7 Å². The highest BCUT2D eigenvalue weighted by atomic mass is 16.7. The second kappa shape index (κ2) is 4.07. The fourth-order valence-electron chi connectivity index (χ4n) is 1.64. The Morgan fingerprint density at radius 3 is 3.08 bits per heavy atom. The number of hydrogen-bond donors (Lipinski definition) is 1. The highest BCUT2D eigenvalue weighted by molar-refractivity contribution is 6.53. The smallest absolute Gasteiger partial charge is 0.405 e. The summed E-state index contributed by atoms with van der Waals surface area (Å²) in [5.41, 5.74) is 4.18. The van der Waals surface area contributed by atoms with Crippen LogP contribution in [0.25, 0.3) is 0 Å². The topological polar surface area (TPSA) is 30.5 Å². The first-order valence-corrected chi connectivity index (χ1v) is 4.66. The van der Waals surface area contributed by atoms with Crippen LogP contribution >= 0.6 is 0 Å². The molecule has 2 rings (SSSR count). The van der Waals surface area contributed by atoms with Crippen LogP contribution in [0.15, 0.2) is 11.5 Å². The SMILES string of the molecule is C1=C(B2OCCNO2)CCCC1. The number of rotatable bonds is 1. The van der Waals surface area contributed by atoms with E-state index in [1.807, 2.05) is 0 Å². The molecule has 1 heterocycles. The minimum Gasteiger partial charge on any atom is -0.405 e. The minimum absolute atomic E-state index is 0.112. The van der Waals surface area contributed by atoms with Gasteiger partial charge in [-0.2, -0.15) is 0 Å². The van der Waals surface area contributed by atoms with Crippen LogP contribution in [0.2, 0.25) is 0 Å². The Balaban J connectivity index is 1.92. The van der Waals surface area contributed by atoms with Gasteiger partial charge in [-0.3, -0.25) is 0 Å². The summed E-state index contributed by atoms with van der Waals surface area (Å²) in [5.74, 6) is 0. The van der Waals surface area contributed by atoms with Crippen molar-refractivity contribution in [1.29, 1.82) is 0 Å². The fraction of sp³-hybridized carbons (Fsp3) is 0.750. The molecule has 4 heteroatoms. The zero-order valence-corrected chi connectivity index (χ0v) is 7.21. The number of nitrogens with one attached hydrogen (secondary N) is 1. The first-order chi connectivity index (χ1) is 5.97. The van der Waals surface area contributed by atoms with Crippen molar-refractivity contribution in [1.82, 2.24) is 5.48 Å². The highest BCUT2D eigenvalue weighted by Gasteiger charge is 2.27. The first-order valence-electron chi connectivity index (χ1n) is 4.66.